The smallest absolute Gasteiger partial charge is 0.418 e. The average Bonchev–Trinajstić information content (AvgIpc) is 3.11. The fourth-order valence-corrected chi connectivity index (χ4v) is 3.27. The van der Waals surface area contributed by atoms with Gasteiger partial charge in [-0.3, -0.25) is 9.36 Å². The van der Waals surface area contributed by atoms with Gasteiger partial charge in [0, 0.05) is 12.6 Å². The summed E-state index contributed by atoms with van der Waals surface area (Å²) < 4.78 is 42.1. The molecule has 8 heteroatoms. The Morgan fingerprint density at radius 3 is 2.37 bits per heavy atom. The molecule has 0 aliphatic carbocycles. The quantitative estimate of drug-likeness (QED) is 0.476. The number of amides is 1. The fourth-order valence-electron chi connectivity index (χ4n) is 3.27. The van der Waals surface area contributed by atoms with E-state index in [9.17, 15) is 23.1 Å². The minimum absolute atomic E-state index is 0.160. The molecule has 0 unspecified atom stereocenters. The van der Waals surface area contributed by atoms with Crippen LogP contribution in [0.1, 0.15) is 12.5 Å². The van der Waals surface area contributed by atoms with E-state index < -0.39 is 17.6 Å². The number of nitrogens with zero attached hydrogens (tertiary/aromatic N) is 2. The van der Waals surface area contributed by atoms with Crippen LogP contribution >= 0.6 is 0 Å². The van der Waals surface area contributed by atoms with Crippen LogP contribution in [0.15, 0.2) is 67.0 Å². The average molecular weight is 411 g/mol. The highest BCUT2D eigenvalue weighted by Crippen LogP contribution is 2.37. The minimum atomic E-state index is -4.63. The van der Waals surface area contributed by atoms with Gasteiger partial charge in [-0.25, -0.2) is 4.98 Å². The summed E-state index contributed by atoms with van der Waals surface area (Å²) in [6.45, 7) is 1.16. The minimum Gasteiger partial charge on any atom is -0.508 e. The number of aromatic hydroxyl groups is 1. The molecule has 0 saturated heterocycles. The van der Waals surface area contributed by atoms with Crippen LogP contribution in [0.2, 0.25) is 0 Å². The third-order valence-electron chi connectivity index (χ3n) is 4.65. The Hall–Kier alpha value is -3.81. The highest BCUT2D eigenvalue weighted by molar-refractivity contribution is 5.90. The van der Waals surface area contributed by atoms with Crippen molar-refractivity contribution in [3.63, 3.8) is 0 Å². The predicted molar refractivity (Wildman–Crippen MR) is 107 cm³/mol. The molecule has 0 fully saturated rings. The van der Waals surface area contributed by atoms with E-state index in [0.29, 0.717) is 11.0 Å². The van der Waals surface area contributed by atoms with E-state index in [2.05, 4.69) is 10.3 Å². The van der Waals surface area contributed by atoms with Gasteiger partial charge in [0.15, 0.2) is 0 Å². The van der Waals surface area contributed by atoms with Crippen molar-refractivity contribution in [2.45, 2.75) is 13.1 Å². The molecule has 0 spiro atoms. The normalized spacial score (nSPS) is 11.6. The van der Waals surface area contributed by atoms with Crippen molar-refractivity contribution >= 4 is 22.6 Å². The first-order valence-electron chi connectivity index (χ1n) is 8.98. The molecule has 0 saturated carbocycles. The number of phenolic OH excluding ortho intramolecular Hbond substituents is 1. The van der Waals surface area contributed by atoms with Gasteiger partial charge in [-0.1, -0.05) is 18.2 Å². The number of rotatable bonds is 3. The molecule has 30 heavy (non-hydrogen) atoms. The van der Waals surface area contributed by atoms with E-state index in [4.69, 9.17) is 0 Å². The number of imidazole rings is 1. The van der Waals surface area contributed by atoms with Gasteiger partial charge in [-0.05, 0) is 53.6 Å². The molecular formula is C22H16F3N3O2. The summed E-state index contributed by atoms with van der Waals surface area (Å²) in [5.41, 5.74) is 2.04. The summed E-state index contributed by atoms with van der Waals surface area (Å²) >= 11 is 0. The van der Waals surface area contributed by atoms with Crippen molar-refractivity contribution in [3.05, 3.63) is 72.6 Å². The second-order valence-corrected chi connectivity index (χ2v) is 6.77. The lowest BCUT2D eigenvalue weighted by Gasteiger charge is -2.15. The van der Waals surface area contributed by atoms with Crippen LogP contribution in [0.4, 0.5) is 18.9 Å². The lowest BCUT2D eigenvalue weighted by atomic mass is 10.0. The molecule has 0 aliphatic heterocycles. The first-order valence-corrected chi connectivity index (χ1v) is 8.98. The summed E-state index contributed by atoms with van der Waals surface area (Å²) in [6.07, 6.45) is -3.17. The van der Waals surface area contributed by atoms with Gasteiger partial charge in [0.2, 0.25) is 5.91 Å². The molecule has 1 aromatic heterocycles. The maximum Gasteiger partial charge on any atom is 0.418 e. The van der Waals surface area contributed by atoms with Crippen molar-refractivity contribution in [2.75, 3.05) is 5.32 Å². The van der Waals surface area contributed by atoms with Gasteiger partial charge in [0.1, 0.15) is 12.1 Å². The van der Waals surface area contributed by atoms with E-state index >= 15 is 0 Å². The standard InChI is InChI=1S/C22H16F3N3O2/c1-13(29)27-19-8-5-16(11-18(19)22(23,24)25)28-12-26-20-10-15(4-9-21(20)28)14-2-6-17(30)7-3-14/h2-12,30H,1H3,(H,27,29). The van der Waals surface area contributed by atoms with Gasteiger partial charge in [0.25, 0.3) is 0 Å². The molecule has 4 aromatic rings. The SMILES string of the molecule is CC(=O)Nc1ccc(-n2cnc3cc(-c4ccc(O)cc4)ccc32)cc1C(F)(F)F. The molecule has 152 valence electrons. The van der Waals surface area contributed by atoms with E-state index in [-0.39, 0.29) is 17.1 Å². The van der Waals surface area contributed by atoms with Crippen molar-refractivity contribution < 1.29 is 23.1 Å². The number of halogens is 3. The van der Waals surface area contributed by atoms with Crippen molar-refractivity contribution in [1.82, 2.24) is 9.55 Å². The number of phenols is 1. The second kappa shape index (κ2) is 7.22. The number of fused-ring (bicyclic) bond motifs is 1. The Balaban J connectivity index is 1.78. The van der Waals surface area contributed by atoms with E-state index in [1.165, 1.54) is 18.5 Å². The maximum absolute atomic E-state index is 13.5. The molecule has 1 amide bonds. The number of carbonyl (C=O) groups excluding carboxylic acids is 1. The monoisotopic (exact) mass is 411 g/mol. The second-order valence-electron chi connectivity index (χ2n) is 6.77. The number of aromatic nitrogens is 2. The van der Waals surface area contributed by atoms with Crippen LogP contribution < -0.4 is 5.32 Å². The number of nitrogens with one attached hydrogen (secondary N) is 1. The van der Waals surface area contributed by atoms with Crippen LogP contribution in [-0.2, 0) is 11.0 Å². The zero-order valence-electron chi connectivity index (χ0n) is 15.7. The number of carbonyl (C=O) groups is 1. The lowest BCUT2D eigenvalue weighted by Crippen LogP contribution is -2.14. The highest BCUT2D eigenvalue weighted by Gasteiger charge is 2.34. The van der Waals surface area contributed by atoms with Gasteiger partial charge in [-0.2, -0.15) is 13.2 Å². The van der Waals surface area contributed by atoms with Gasteiger partial charge in [-0.15, -0.1) is 0 Å². The first kappa shape index (κ1) is 19.5. The molecule has 0 aliphatic rings. The Morgan fingerprint density at radius 2 is 1.70 bits per heavy atom. The predicted octanol–water partition coefficient (Wildman–Crippen LogP) is 5.38. The molecule has 2 N–H and O–H groups in total. The Bertz CT molecular complexity index is 1240. The number of hydrogen-bond acceptors (Lipinski definition) is 3. The Morgan fingerprint density at radius 1 is 1.00 bits per heavy atom. The summed E-state index contributed by atoms with van der Waals surface area (Å²) in [6, 6.07) is 15.8. The fraction of sp³-hybridized carbons (Fsp3) is 0.0909. The van der Waals surface area contributed by atoms with Gasteiger partial charge in [0.05, 0.1) is 22.3 Å². The van der Waals surface area contributed by atoms with E-state index in [1.807, 2.05) is 12.1 Å². The van der Waals surface area contributed by atoms with E-state index in [1.54, 1.807) is 34.9 Å². The maximum atomic E-state index is 13.5. The zero-order chi connectivity index (χ0) is 21.5. The molecule has 5 nitrogen and oxygen atoms in total. The lowest BCUT2D eigenvalue weighted by molar-refractivity contribution is -0.137. The number of hydrogen-bond donors (Lipinski definition) is 2. The van der Waals surface area contributed by atoms with Crippen molar-refractivity contribution in [1.29, 1.82) is 0 Å². The largest absolute Gasteiger partial charge is 0.508 e. The van der Waals surface area contributed by atoms with Crippen LogP contribution in [-0.4, -0.2) is 20.6 Å². The molecule has 0 bridgehead atoms. The van der Waals surface area contributed by atoms with Crippen LogP contribution in [0, 0.1) is 0 Å². The highest BCUT2D eigenvalue weighted by atomic mass is 19.4. The number of benzene rings is 3. The van der Waals surface area contributed by atoms with Gasteiger partial charge >= 0.3 is 6.18 Å². The summed E-state index contributed by atoms with van der Waals surface area (Å²) in [5, 5.41) is 11.7. The Labute approximate surface area is 169 Å². The first-order chi connectivity index (χ1) is 14.2. The molecule has 0 atom stereocenters. The Kier molecular flexibility index (Phi) is 4.69. The third-order valence-corrected chi connectivity index (χ3v) is 4.65. The zero-order valence-corrected chi connectivity index (χ0v) is 15.7. The van der Waals surface area contributed by atoms with Crippen LogP contribution in [0.5, 0.6) is 5.75 Å². The third kappa shape index (κ3) is 3.71. The molecule has 1 heterocycles. The van der Waals surface area contributed by atoms with Crippen molar-refractivity contribution in [3.8, 4) is 22.6 Å². The molecule has 3 aromatic carbocycles. The molecule has 0 radical (unpaired) electrons. The van der Waals surface area contributed by atoms with E-state index in [0.717, 1.165) is 24.1 Å². The summed E-state index contributed by atoms with van der Waals surface area (Å²) in [5.74, 6) is -0.421. The van der Waals surface area contributed by atoms with Crippen molar-refractivity contribution in [2.24, 2.45) is 0 Å². The number of anilines is 1. The van der Waals surface area contributed by atoms with Crippen LogP contribution in [0.3, 0.4) is 0 Å². The summed E-state index contributed by atoms with van der Waals surface area (Å²) in [7, 11) is 0. The summed E-state index contributed by atoms with van der Waals surface area (Å²) in [4.78, 5) is 15.6. The van der Waals surface area contributed by atoms with Crippen LogP contribution in [0.25, 0.3) is 27.8 Å². The molecule has 4 rings (SSSR count). The van der Waals surface area contributed by atoms with Gasteiger partial charge < -0.3 is 10.4 Å². The molecular weight excluding hydrogens is 395 g/mol. The topological polar surface area (TPSA) is 67.2 Å². The number of alkyl halides is 3.